The van der Waals surface area contributed by atoms with Crippen molar-refractivity contribution in [1.29, 1.82) is 0 Å². The minimum Gasteiger partial charge on any atom is -0.461 e. The topological polar surface area (TPSA) is 47.3 Å². The van der Waals surface area contributed by atoms with Crippen molar-refractivity contribution in [3.63, 3.8) is 0 Å². The Kier molecular flexibility index (Phi) is 2.18. The fraction of sp³-hybridized carbons (Fsp3) is 0.143. The smallest absolute Gasteiger partial charge is 0.209 e. The molecule has 2 aromatic rings. The number of ketones is 2. The monoisotopic (exact) mass is 226 g/mol. The van der Waals surface area contributed by atoms with Gasteiger partial charge < -0.3 is 4.42 Å². The molecular weight excluding hydrogens is 216 g/mol. The molecule has 1 heterocycles. The number of hydrogen-bond acceptors (Lipinski definition) is 3. The first kappa shape index (κ1) is 10.0. The molecular formula is C14H10O3. The lowest BCUT2D eigenvalue weighted by Crippen LogP contribution is -2.20. The summed E-state index contributed by atoms with van der Waals surface area (Å²) in [4.78, 5) is 24.1. The van der Waals surface area contributed by atoms with Gasteiger partial charge >= 0.3 is 0 Å². The number of furan rings is 1. The fourth-order valence-electron chi connectivity index (χ4n) is 2.24. The molecule has 1 aliphatic carbocycles. The van der Waals surface area contributed by atoms with Gasteiger partial charge in [0.2, 0.25) is 5.78 Å². The lowest BCUT2D eigenvalue weighted by Gasteiger charge is -2.03. The van der Waals surface area contributed by atoms with Crippen LogP contribution in [0.4, 0.5) is 0 Å². The zero-order valence-corrected chi connectivity index (χ0v) is 9.05. The van der Waals surface area contributed by atoms with E-state index < -0.39 is 5.92 Å². The van der Waals surface area contributed by atoms with E-state index in [4.69, 9.17) is 4.42 Å². The fourth-order valence-corrected chi connectivity index (χ4v) is 2.24. The summed E-state index contributed by atoms with van der Waals surface area (Å²) >= 11 is 0. The first-order chi connectivity index (χ1) is 8.27. The molecule has 84 valence electrons. The molecule has 1 aliphatic rings. The Morgan fingerprint density at radius 3 is 2.71 bits per heavy atom. The van der Waals surface area contributed by atoms with Crippen LogP contribution in [0.5, 0.6) is 0 Å². The number of carbonyl (C=O) groups is 2. The summed E-state index contributed by atoms with van der Waals surface area (Å²) in [6.45, 7) is 0. The van der Waals surface area contributed by atoms with E-state index in [-0.39, 0.29) is 17.3 Å². The predicted octanol–water partition coefficient (Wildman–Crippen LogP) is 2.52. The highest BCUT2D eigenvalue weighted by Crippen LogP contribution is 2.29. The Morgan fingerprint density at radius 2 is 2.00 bits per heavy atom. The number of fused-ring (bicyclic) bond motifs is 1. The van der Waals surface area contributed by atoms with Crippen molar-refractivity contribution >= 4 is 11.6 Å². The summed E-state index contributed by atoms with van der Waals surface area (Å²) in [5.74, 6) is -0.673. The lowest BCUT2D eigenvalue weighted by molar-refractivity contribution is 0.0804. The van der Waals surface area contributed by atoms with E-state index in [2.05, 4.69) is 0 Å². The summed E-state index contributed by atoms with van der Waals surface area (Å²) in [7, 11) is 0. The van der Waals surface area contributed by atoms with Crippen molar-refractivity contribution in [2.24, 2.45) is 5.92 Å². The highest BCUT2D eigenvalue weighted by atomic mass is 16.3. The second-order valence-corrected chi connectivity index (χ2v) is 4.12. The van der Waals surface area contributed by atoms with Crippen LogP contribution in [0.15, 0.2) is 47.1 Å². The second-order valence-electron chi connectivity index (χ2n) is 4.12. The van der Waals surface area contributed by atoms with E-state index in [1.807, 2.05) is 18.2 Å². The summed E-state index contributed by atoms with van der Waals surface area (Å²) in [6, 6.07) is 10.6. The molecule has 1 aromatic carbocycles. The van der Waals surface area contributed by atoms with Gasteiger partial charge in [-0.2, -0.15) is 0 Å². The van der Waals surface area contributed by atoms with Gasteiger partial charge in [0.25, 0.3) is 0 Å². The molecule has 1 atom stereocenters. The van der Waals surface area contributed by atoms with Crippen LogP contribution >= 0.6 is 0 Å². The van der Waals surface area contributed by atoms with Gasteiger partial charge in [-0.3, -0.25) is 9.59 Å². The Balaban J connectivity index is 1.95. The van der Waals surface area contributed by atoms with Crippen LogP contribution in [-0.2, 0) is 6.42 Å². The molecule has 0 saturated carbocycles. The normalized spacial score (nSPS) is 18.1. The molecule has 0 radical (unpaired) electrons. The minimum atomic E-state index is -0.612. The lowest BCUT2D eigenvalue weighted by atomic mass is 9.98. The van der Waals surface area contributed by atoms with E-state index in [0.717, 1.165) is 5.56 Å². The summed E-state index contributed by atoms with van der Waals surface area (Å²) in [6.07, 6.45) is 1.92. The SMILES string of the molecule is O=C(c1ccco1)C1Cc2ccccc2C1=O. The molecule has 0 N–H and O–H groups in total. The van der Waals surface area contributed by atoms with Gasteiger partial charge in [0.05, 0.1) is 12.2 Å². The molecule has 0 bridgehead atoms. The van der Waals surface area contributed by atoms with Crippen LogP contribution < -0.4 is 0 Å². The third-order valence-electron chi connectivity index (χ3n) is 3.10. The molecule has 1 unspecified atom stereocenters. The van der Waals surface area contributed by atoms with Crippen molar-refractivity contribution in [3.8, 4) is 0 Å². The van der Waals surface area contributed by atoms with Crippen LogP contribution in [0.3, 0.4) is 0 Å². The average Bonchev–Trinajstić information content (AvgIpc) is 2.97. The van der Waals surface area contributed by atoms with E-state index in [1.54, 1.807) is 18.2 Å². The van der Waals surface area contributed by atoms with Gasteiger partial charge in [-0.1, -0.05) is 24.3 Å². The van der Waals surface area contributed by atoms with Crippen LogP contribution in [0, 0.1) is 5.92 Å². The third-order valence-corrected chi connectivity index (χ3v) is 3.10. The molecule has 1 aromatic heterocycles. The number of Topliss-reactive ketones (excluding diaryl/α,β-unsaturated/α-hetero) is 2. The zero-order valence-electron chi connectivity index (χ0n) is 9.05. The molecule has 0 saturated heterocycles. The number of rotatable bonds is 2. The first-order valence-electron chi connectivity index (χ1n) is 5.47. The molecule has 0 spiro atoms. The third kappa shape index (κ3) is 1.51. The van der Waals surface area contributed by atoms with Gasteiger partial charge in [0.15, 0.2) is 11.5 Å². The van der Waals surface area contributed by atoms with E-state index in [1.165, 1.54) is 6.26 Å². The number of benzene rings is 1. The quantitative estimate of drug-likeness (QED) is 0.584. The minimum absolute atomic E-state index is 0.0954. The molecule has 0 fully saturated rings. The van der Waals surface area contributed by atoms with Gasteiger partial charge in [0.1, 0.15) is 0 Å². The van der Waals surface area contributed by atoms with Crippen molar-refractivity contribution in [3.05, 3.63) is 59.5 Å². The van der Waals surface area contributed by atoms with E-state index in [0.29, 0.717) is 12.0 Å². The van der Waals surface area contributed by atoms with E-state index >= 15 is 0 Å². The van der Waals surface area contributed by atoms with Crippen LogP contribution in [0.25, 0.3) is 0 Å². The Labute approximate surface area is 98.1 Å². The second kappa shape index (κ2) is 3.70. The van der Waals surface area contributed by atoms with Gasteiger partial charge in [-0.05, 0) is 24.1 Å². The first-order valence-corrected chi connectivity index (χ1v) is 5.47. The number of hydrogen-bond donors (Lipinski definition) is 0. The maximum absolute atomic E-state index is 12.1. The number of carbonyl (C=O) groups excluding carboxylic acids is 2. The molecule has 3 heteroatoms. The van der Waals surface area contributed by atoms with Crippen molar-refractivity contribution in [2.45, 2.75) is 6.42 Å². The molecule has 17 heavy (non-hydrogen) atoms. The van der Waals surface area contributed by atoms with Gasteiger partial charge in [-0.15, -0.1) is 0 Å². The van der Waals surface area contributed by atoms with Crippen LogP contribution in [0.2, 0.25) is 0 Å². The van der Waals surface area contributed by atoms with Crippen molar-refractivity contribution in [1.82, 2.24) is 0 Å². The molecule has 0 amide bonds. The molecule has 3 nitrogen and oxygen atoms in total. The van der Waals surface area contributed by atoms with E-state index in [9.17, 15) is 9.59 Å². The summed E-state index contributed by atoms with van der Waals surface area (Å²) in [5, 5.41) is 0. The Morgan fingerprint density at radius 1 is 1.18 bits per heavy atom. The highest BCUT2D eigenvalue weighted by Gasteiger charge is 2.36. The standard InChI is InChI=1S/C14H10O3/c15-13-10-5-2-1-4-9(10)8-11(13)14(16)12-6-3-7-17-12/h1-7,11H,8H2. The molecule has 0 aliphatic heterocycles. The van der Waals surface area contributed by atoms with Gasteiger partial charge in [-0.25, -0.2) is 0 Å². The summed E-state index contributed by atoms with van der Waals surface area (Å²) in [5.41, 5.74) is 1.61. The van der Waals surface area contributed by atoms with Crippen molar-refractivity contribution < 1.29 is 14.0 Å². The Hall–Kier alpha value is -2.16. The zero-order chi connectivity index (χ0) is 11.8. The summed E-state index contributed by atoms with van der Waals surface area (Å²) < 4.78 is 5.05. The maximum atomic E-state index is 12.1. The Bertz CT molecular complexity index is 573. The predicted molar refractivity (Wildman–Crippen MR) is 61.0 cm³/mol. The van der Waals surface area contributed by atoms with Crippen LogP contribution in [-0.4, -0.2) is 11.6 Å². The van der Waals surface area contributed by atoms with Gasteiger partial charge in [0, 0.05) is 5.56 Å². The highest BCUT2D eigenvalue weighted by molar-refractivity contribution is 6.17. The molecule has 3 rings (SSSR count). The van der Waals surface area contributed by atoms with Crippen molar-refractivity contribution in [2.75, 3.05) is 0 Å². The maximum Gasteiger partial charge on any atom is 0.209 e. The van der Waals surface area contributed by atoms with Crippen LogP contribution in [0.1, 0.15) is 26.5 Å². The average molecular weight is 226 g/mol. The largest absolute Gasteiger partial charge is 0.461 e.